The standard InChI is InChI=1S/C15H13N3O2S/c19-11-5-3-9-16-15(11)18-13(20)7-8-14-17-10-4-1-2-6-12(10)21-14/h1-6,9,19H,7-8H2,(H,16,18,20). The normalized spacial score (nSPS) is 10.7. The molecule has 5 nitrogen and oxygen atoms in total. The van der Waals surface area contributed by atoms with E-state index in [1.54, 1.807) is 17.4 Å². The van der Waals surface area contributed by atoms with Gasteiger partial charge in [-0.05, 0) is 24.3 Å². The van der Waals surface area contributed by atoms with Gasteiger partial charge in [-0.3, -0.25) is 4.79 Å². The number of aryl methyl sites for hydroxylation is 1. The van der Waals surface area contributed by atoms with Gasteiger partial charge < -0.3 is 10.4 Å². The first-order chi connectivity index (χ1) is 10.2. The quantitative estimate of drug-likeness (QED) is 0.776. The Morgan fingerprint density at radius 2 is 2.10 bits per heavy atom. The summed E-state index contributed by atoms with van der Waals surface area (Å²) in [6.07, 6.45) is 2.39. The first-order valence-corrected chi connectivity index (χ1v) is 7.32. The van der Waals surface area contributed by atoms with Crippen LogP contribution in [0, 0.1) is 0 Å². The number of thiazole rings is 1. The number of benzene rings is 1. The fraction of sp³-hybridized carbons (Fsp3) is 0.133. The molecule has 0 saturated carbocycles. The predicted molar refractivity (Wildman–Crippen MR) is 82.5 cm³/mol. The zero-order valence-electron chi connectivity index (χ0n) is 11.1. The molecule has 1 amide bonds. The van der Waals surface area contributed by atoms with Gasteiger partial charge in [0.15, 0.2) is 11.6 Å². The topological polar surface area (TPSA) is 75.1 Å². The highest BCUT2D eigenvalue weighted by molar-refractivity contribution is 7.18. The highest BCUT2D eigenvalue weighted by Crippen LogP contribution is 2.23. The molecular formula is C15H13N3O2S. The van der Waals surface area contributed by atoms with Crippen LogP contribution in [0.5, 0.6) is 5.75 Å². The average molecular weight is 299 g/mol. The molecule has 2 heterocycles. The number of hydrogen-bond donors (Lipinski definition) is 2. The molecule has 3 aromatic rings. The van der Waals surface area contributed by atoms with Gasteiger partial charge in [0.1, 0.15) is 0 Å². The third-order valence-corrected chi connectivity index (χ3v) is 4.04. The lowest BCUT2D eigenvalue weighted by molar-refractivity contribution is -0.116. The van der Waals surface area contributed by atoms with E-state index in [2.05, 4.69) is 15.3 Å². The maximum atomic E-state index is 11.9. The van der Waals surface area contributed by atoms with E-state index in [0.29, 0.717) is 12.8 Å². The minimum absolute atomic E-state index is 0.0363. The van der Waals surface area contributed by atoms with Crippen LogP contribution in [-0.2, 0) is 11.2 Å². The van der Waals surface area contributed by atoms with Crippen molar-refractivity contribution in [1.82, 2.24) is 9.97 Å². The Bertz CT molecular complexity index is 752. The fourth-order valence-corrected chi connectivity index (χ4v) is 2.90. The van der Waals surface area contributed by atoms with Crippen LogP contribution >= 0.6 is 11.3 Å². The summed E-state index contributed by atoms with van der Waals surface area (Å²) in [6, 6.07) is 11.0. The van der Waals surface area contributed by atoms with Crippen molar-refractivity contribution in [3.05, 3.63) is 47.6 Å². The molecule has 2 aromatic heterocycles. The van der Waals surface area contributed by atoms with Gasteiger partial charge >= 0.3 is 0 Å². The van der Waals surface area contributed by atoms with E-state index in [0.717, 1.165) is 15.2 Å². The molecule has 0 radical (unpaired) electrons. The van der Waals surface area contributed by atoms with Crippen molar-refractivity contribution >= 4 is 33.3 Å². The van der Waals surface area contributed by atoms with Crippen molar-refractivity contribution in [1.29, 1.82) is 0 Å². The summed E-state index contributed by atoms with van der Waals surface area (Å²) < 4.78 is 1.12. The Morgan fingerprint density at radius 3 is 2.90 bits per heavy atom. The van der Waals surface area contributed by atoms with Gasteiger partial charge in [-0.2, -0.15) is 0 Å². The first-order valence-electron chi connectivity index (χ1n) is 6.50. The maximum absolute atomic E-state index is 11.9. The van der Waals surface area contributed by atoms with Crippen LogP contribution in [0.15, 0.2) is 42.6 Å². The molecule has 3 rings (SSSR count). The number of nitrogens with zero attached hydrogens (tertiary/aromatic N) is 2. The van der Waals surface area contributed by atoms with Gasteiger partial charge in [0.2, 0.25) is 5.91 Å². The number of aromatic hydroxyl groups is 1. The van der Waals surface area contributed by atoms with Gasteiger partial charge in [-0.25, -0.2) is 9.97 Å². The van der Waals surface area contributed by atoms with Crippen LogP contribution in [0.25, 0.3) is 10.2 Å². The number of amides is 1. The summed E-state index contributed by atoms with van der Waals surface area (Å²) in [4.78, 5) is 20.3. The molecule has 21 heavy (non-hydrogen) atoms. The molecular weight excluding hydrogens is 286 g/mol. The van der Waals surface area contributed by atoms with E-state index in [4.69, 9.17) is 0 Å². The predicted octanol–water partition coefficient (Wildman–Crippen LogP) is 2.97. The average Bonchev–Trinajstić information content (AvgIpc) is 2.90. The summed E-state index contributed by atoms with van der Waals surface area (Å²) in [5.41, 5.74) is 0.959. The zero-order chi connectivity index (χ0) is 14.7. The largest absolute Gasteiger partial charge is 0.504 e. The molecule has 106 valence electrons. The molecule has 6 heteroatoms. The van der Waals surface area contributed by atoms with Crippen molar-refractivity contribution in [2.24, 2.45) is 0 Å². The minimum atomic E-state index is -0.191. The number of anilines is 1. The molecule has 0 unspecified atom stereocenters. The third kappa shape index (κ3) is 3.17. The molecule has 0 bridgehead atoms. The van der Waals surface area contributed by atoms with Crippen LogP contribution in [-0.4, -0.2) is 21.0 Å². The number of aromatic nitrogens is 2. The Kier molecular flexibility index (Phi) is 3.79. The lowest BCUT2D eigenvalue weighted by Crippen LogP contribution is -2.13. The zero-order valence-corrected chi connectivity index (χ0v) is 11.9. The van der Waals surface area contributed by atoms with Crippen molar-refractivity contribution in [3.8, 4) is 5.75 Å². The van der Waals surface area contributed by atoms with Crippen molar-refractivity contribution in [2.75, 3.05) is 5.32 Å². The van der Waals surface area contributed by atoms with Crippen molar-refractivity contribution in [2.45, 2.75) is 12.8 Å². The molecule has 0 fully saturated rings. The van der Waals surface area contributed by atoms with E-state index >= 15 is 0 Å². The first kappa shape index (κ1) is 13.5. The SMILES string of the molecule is O=C(CCc1nc2ccccc2s1)Nc1ncccc1O. The highest BCUT2D eigenvalue weighted by atomic mass is 32.1. The minimum Gasteiger partial charge on any atom is -0.504 e. The third-order valence-electron chi connectivity index (χ3n) is 2.95. The lowest BCUT2D eigenvalue weighted by atomic mass is 10.3. The van der Waals surface area contributed by atoms with E-state index in [9.17, 15) is 9.90 Å². The highest BCUT2D eigenvalue weighted by Gasteiger charge is 2.09. The summed E-state index contributed by atoms with van der Waals surface area (Å²) >= 11 is 1.59. The molecule has 0 spiro atoms. The smallest absolute Gasteiger partial charge is 0.226 e. The number of fused-ring (bicyclic) bond motifs is 1. The second kappa shape index (κ2) is 5.88. The lowest BCUT2D eigenvalue weighted by Gasteiger charge is -2.04. The Labute approximate surface area is 125 Å². The molecule has 2 N–H and O–H groups in total. The van der Waals surface area contributed by atoms with Crippen LogP contribution in [0.3, 0.4) is 0 Å². The number of rotatable bonds is 4. The van der Waals surface area contributed by atoms with Gasteiger partial charge in [0.25, 0.3) is 0 Å². The number of hydrogen-bond acceptors (Lipinski definition) is 5. The number of carbonyl (C=O) groups excluding carboxylic acids is 1. The van der Waals surface area contributed by atoms with Gasteiger partial charge in [-0.1, -0.05) is 12.1 Å². The Morgan fingerprint density at radius 1 is 1.24 bits per heavy atom. The second-order valence-corrected chi connectivity index (χ2v) is 5.61. The molecule has 0 aliphatic rings. The second-order valence-electron chi connectivity index (χ2n) is 4.49. The molecule has 0 aliphatic carbocycles. The maximum Gasteiger partial charge on any atom is 0.226 e. The van der Waals surface area contributed by atoms with Crippen LogP contribution < -0.4 is 5.32 Å². The van der Waals surface area contributed by atoms with Crippen molar-refractivity contribution < 1.29 is 9.90 Å². The summed E-state index contributed by atoms with van der Waals surface area (Å²) in [5, 5.41) is 13.1. The van der Waals surface area contributed by atoms with Crippen LogP contribution in [0.1, 0.15) is 11.4 Å². The Balaban J connectivity index is 1.62. The van der Waals surface area contributed by atoms with Gasteiger partial charge in [-0.15, -0.1) is 11.3 Å². The van der Waals surface area contributed by atoms with E-state index in [-0.39, 0.29) is 17.5 Å². The summed E-state index contributed by atoms with van der Waals surface area (Å²) in [5.74, 6) is -0.0408. The van der Waals surface area contributed by atoms with Gasteiger partial charge in [0, 0.05) is 19.0 Å². The van der Waals surface area contributed by atoms with Crippen LogP contribution in [0.4, 0.5) is 5.82 Å². The van der Waals surface area contributed by atoms with E-state index in [1.807, 2.05) is 24.3 Å². The fourth-order valence-electron chi connectivity index (χ4n) is 1.94. The Hall–Kier alpha value is -2.47. The van der Waals surface area contributed by atoms with E-state index < -0.39 is 0 Å². The number of nitrogens with one attached hydrogen (secondary N) is 1. The van der Waals surface area contributed by atoms with E-state index in [1.165, 1.54) is 12.3 Å². The van der Waals surface area contributed by atoms with Crippen LogP contribution in [0.2, 0.25) is 0 Å². The number of carbonyl (C=O) groups is 1. The molecule has 1 aromatic carbocycles. The summed E-state index contributed by atoms with van der Waals surface area (Å²) in [6.45, 7) is 0. The molecule has 0 saturated heterocycles. The monoisotopic (exact) mass is 299 g/mol. The number of para-hydroxylation sites is 1. The van der Waals surface area contributed by atoms with Crippen molar-refractivity contribution in [3.63, 3.8) is 0 Å². The molecule has 0 aliphatic heterocycles. The van der Waals surface area contributed by atoms with Gasteiger partial charge in [0.05, 0.1) is 15.2 Å². The molecule has 0 atom stereocenters. The summed E-state index contributed by atoms with van der Waals surface area (Å²) in [7, 11) is 0. The number of pyridine rings is 1.